The van der Waals surface area contributed by atoms with E-state index in [-0.39, 0.29) is 30.0 Å². The normalized spacial score (nSPS) is 16.0. The molecule has 1 aliphatic heterocycles. The second-order valence-corrected chi connectivity index (χ2v) is 6.44. The topological polar surface area (TPSA) is 97.6 Å². The lowest BCUT2D eigenvalue weighted by Crippen LogP contribution is -2.49. The lowest BCUT2D eigenvalue weighted by molar-refractivity contribution is -0.128. The van der Waals surface area contributed by atoms with E-state index in [1.807, 2.05) is 13.8 Å². The number of hydrogen-bond donors (Lipinski definition) is 2. The van der Waals surface area contributed by atoms with Gasteiger partial charge in [0.15, 0.2) is 17.7 Å². The van der Waals surface area contributed by atoms with Gasteiger partial charge in [-0.05, 0) is 49.2 Å². The Morgan fingerprint density at radius 2 is 2.15 bits per heavy atom. The van der Waals surface area contributed by atoms with Crippen molar-refractivity contribution in [1.29, 1.82) is 0 Å². The van der Waals surface area contributed by atoms with Gasteiger partial charge in [-0.15, -0.1) is 0 Å². The summed E-state index contributed by atoms with van der Waals surface area (Å²) in [5.41, 5.74) is 7.19. The molecule has 2 amide bonds. The Labute approximate surface area is 156 Å². The molecular formula is C18H19ClN4O3. The van der Waals surface area contributed by atoms with Crippen LogP contribution in [-0.2, 0) is 9.59 Å². The highest BCUT2D eigenvalue weighted by atomic mass is 35.5. The van der Waals surface area contributed by atoms with Gasteiger partial charge in [0.05, 0.1) is 0 Å². The van der Waals surface area contributed by atoms with Gasteiger partial charge in [-0.2, -0.15) is 0 Å². The Hall–Kier alpha value is -2.80. The quantitative estimate of drug-likeness (QED) is 0.857. The number of nitrogens with two attached hydrogens (primary N) is 1. The Balaban J connectivity index is 1.84. The van der Waals surface area contributed by atoms with Crippen molar-refractivity contribution in [1.82, 2.24) is 4.98 Å². The van der Waals surface area contributed by atoms with E-state index in [2.05, 4.69) is 10.3 Å². The van der Waals surface area contributed by atoms with Crippen LogP contribution in [0.15, 0.2) is 30.3 Å². The Morgan fingerprint density at radius 1 is 1.38 bits per heavy atom. The van der Waals surface area contributed by atoms with Crippen LogP contribution in [0.3, 0.4) is 0 Å². The van der Waals surface area contributed by atoms with E-state index in [0.717, 1.165) is 5.56 Å². The predicted octanol–water partition coefficient (Wildman–Crippen LogP) is 2.77. The SMILES string of the molecule is CCC1Oc2ccc(N)nc2N(CC(=O)Nc2ccc(Cl)cc2C)C1=O. The fourth-order valence-electron chi connectivity index (χ4n) is 2.73. The number of pyridine rings is 1. The number of benzene rings is 1. The smallest absolute Gasteiger partial charge is 0.269 e. The monoisotopic (exact) mass is 374 g/mol. The van der Waals surface area contributed by atoms with Gasteiger partial charge in [-0.3, -0.25) is 14.5 Å². The molecule has 0 spiro atoms. The molecule has 0 saturated carbocycles. The van der Waals surface area contributed by atoms with Gasteiger partial charge >= 0.3 is 0 Å². The number of ether oxygens (including phenoxy) is 1. The van der Waals surface area contributed by atoms with Gasteiger partial charge in [0.2, 0.25) is 5.91 Å². The number of carbonyl (C=O) groups is 2. The maximum Gasteiger partial charge on any atom is 0.269 e. The summed E-state index contributed by atoms with van der Waals surface area (Å²) >= 11 is 5.93. The van der Waals surface area contributed by atoms with Gasteiger partial charge in [-0.25, -0.2) is 4.98 Å². The Bertz CT molecular complexity index is 872. The van der Waals surface area contributed by atoms with E-state index in [4.69, 9.17) is 22.1 Å². The van der Waals surface area contributed by atoms with Crippen molar-refractivity contribution in [3.8, 4) is 5.75 Å². The summed E-state index contributed by atoms with van der Waals surface area (Å²) in [5, 5.41) is 3.38. The number of aryl methyl sites for hydroxylation is 1. The first kappa shape index (κ1) is 18.0. The maximum atomic E-state index is 12.7. The number of carbonyl (C=O) groups excluding carboxylic acids is 2. The van der Waals surface area contributed by atoms with E-state index in [1.54, 1.807) is 30.3 Å². The van der Waals surface area contributed by atoms with Gasteiger partial charge in [0.1, 0.15) is 12.4 Å². The molecule has 0 fully saturated rings. The molecule has 2 aromatic rings. The zero-order valence-electron chi connectivity index (χ0n) is 14.5. The number of rotatable bonds is 4. The second kappa shape index (κ2) is 7.21. The maximum absolute atomic E-state index is 12.7. The van der Waals surface area contributed by atoms with Crippen molar-refractivity contribution in [2.75, 3.05) is 22.5 Å². The highest BCUT2D eigenvalue weighted by Crippen LogP contribution is 2.33. The summed E-state index contributed by atoms with van der Waals surface area (Å²) in [4.78, 5) is 30.6. The van der Waals surface area contributed by atoms with Crippen molar-refractivity contribution in [2.24, 2.45) is 0 Å². The van der Waals surface area contributed by atoms with Crippen molar-refractivity contribution >= 4 is 40.7 Å². The van der Waals surface area contributed by atoms with Crippen molar-refractivity contribution in [2.45, 2.75) is 26.4 Å². The van der Waals surface area contributed by atoms with Crippen LogP contribution in [0.5, 0.6) is 5.75 Å². The van der Waals surface area contributed by atoms with Gasteiger partial charge in [0.25, 0.3) is 5.91 Å². The molecule has 26 heavy (non-hydrogen) atoms. The summed E-state index contributed by atoms with van der Waals surface area (Å²) in [5.74, 6) is 0.259. The van der Waals surface area contributed by atoms with E-state index < -0.39 is 6.10 Å². The minimum Gasteiger partial charge on any atom is -0.477 e. The minimum atomic E-state index is -0.655. The Kier molecular flexibility index (Phi) is 4.99. The largest absolute Gasteiger partial charge is 0.477 e. The average Bonchev–Trinajstić information content (AvgIpc) is 2.60. The molecule has 8 heteroatoms. The minimum absolute atomic E-state index is 0.190. The molecule has 0 aliphatic carbocycles. The molecular weight excluding hydrogens is 356 g/mol. The Morgan fingerprint density at radius 3 is 2.85 bits per heavy atom. The number of nitrogens with zero attached hydrogens (tertiary/aromatic N) is 2. The predicted molar refractivity (Wildman–Crippen MR) is 101 cm³/mol. The molecule has 1 aromatic carbocycles. The fourth-order valence-corrected chi connectivity index (χ4v) is 2.96. The van der Waals surface area contributed by atoms with Crippen molar-refractivity contribution in [3.63, 3.8) is 0 Å². The third-order valence-corrected chi connectivity index (χ3v) is 4.30. The molecule has 1 aromatic heterocycles. The van der Waals surface area contributed by atoms with Crippen LogP contribution in [-0.4, -0.2) is 29.4 Å². The third kappa shape index (κ3) is 3.57. The standard InChI is InChI=1S/C18H19ClN4O3/c1-3-13-18(25)23(17-14(26-13)6-7-15(20)22-17)9-16(24)21-12-5-4-11(19)8-10(12)2/h4-8,13H,3,9H2,1-2H3,(H2,20,22)(H,21,24). The average molecular weight is 375 g/mol. The van der Waals surface area contributed by atoms with Gasteiger partial charge < -0.3 is 15.8 Å². The number of nitrogen functional groups attached to an aromatic ring is 1. The fraction of sp³-hybridized carbons (Fsp3) is 0.278. The molecule has 0 bridgehead atoms. The van der Waals surface area contributed by atoms with E-state index in [1.165, 1.54) is 4.90 Å². The van der Waals surface area contributed by atoms with Crippen LogP contribution in [0.4, 0.5) is 17.3 Å². The zero-order chi connectivity index (χ0) is 18.8. The summed E-state index contributed by atoms with van der Waals surface area (Å²) in [7, 11) is 0. The molecule has 7 nitrogen and oxygen atoms in total. The van der Waals surface area contributed by atoms with Crippen LogP contribution in [0, 0.1) is 6.92 Å². The number of amides is 2. The molecule has 3 N–H and O–H groups in total. The summed E-state index contributed by atoms with van der Waals surface area (Å²) in [6.45, 7) is 3.49. The number of hydrogen-bond acceptors (Lipinski definition) is 5. The highest BCUT2D eigenvalue weighted by molar-refractivity contribution is 6.30. The van der Waals surface area contributed by atoms with E-state index in [0.29, 0.717) is 22.9 Å². The van der Waals surface area contributed by atoms with Gasteiger partial charge in [-0.1, -0.05) is 18.5 Å². The summed E-state index contributed by atoms with van der Waals surface area (Å²) in [6.07, 6.45) is -0.171. The lowest BCUT2D eigenvalue weighted by Gasteiger charge is -2.32. The molecule has 2 heterocycles. The molecule has 0 saturated heterocycles. The first-order valence-corrected chi connectivity index (χ1v) is 8.57. The van der Waals surface area contributed by atoms with Gasteiger partial charge in [0, 0.05) is 10.7 Å². The molecule has 1 unspecified atom stereocenters. The summed E-state index contributed by atoms with van der Waals surface area (Å²) < 4.78 is 5.66. The van der Waals surface area contributed by atoms with Crippen LogP contribution >= 0.6 is 11.6 Å². The van der Waals surface area contributed by atoms with E-state index >= 15 is 0 Å². The first-order valence-electron chi connectivity index (χ1n) is 8.19. The molecule has 1 aliphatic rings. The van der Waals surface area contributed by atoms with Crippen molar-refractivity contribution in [3.05, 3.63) is 40.9 Å². The number of nitrogens with one attached hydrogen (secondary N) is 1. The van der Waals surface area contributed by atoms with Crippen LogP contribution in [0.25, 0.3) is 0 Å². The number of fused-ring (bicyclic) bond motifs is 1. The molecule has 1 atom stereocenters. The summed E-state index contributed by atoms with van der Waals surface area (Å²) in [6, 6.07) is 8.41. The number of halogens is 1. The second-order valence-electron chi connectivity index (χ2n) is 6.00. The number of anilines is 3. The lowest BCUT2D eigenvalue weighted by atomic mass is 10.2. The van der Waals surface area contributed by atoms with Crippen LogP contribution in [0.1, 0.15) is 18.9 Å². The molecule has 136 valence electrons. The van der Waals surface area contributed by atoms with Crippen molar-refractivity contribution < 1.29 is 14.3 Å². The highest BCUT2D eigenvalue weighted by Gasteiger charge is 2.35. The number of aromatic nitrogens is 1. The first-order chi connectivity index (χ1) is 12.4. The molecule has 3 rings (SSSR count). The van der Waals surface area contributed by atoms with Crippen LogP contribution < -0.4 is 20.7 Å². The third-order valence-electron chi connectivity index (χ3n) is 4.06. The van der Waals surface area contributed by atoms with Crippen LogP contribution in [0.2, 0.25) is 5.02 Å². The molecule has 0 radical (unpaired) electrons. The van der Waals surface area contributed by atoms with E-state index in [9.17, 15) is 9.59 Å². The zero-order valence-corrected chi connectivity index (χ0v) is 15.2.